The van der Waals surface area contributed by atoms with Gasteiger partial charge in [-0.05, 0) is 111 Å². The summed E-state index contributed by atoms with van der Waals surface area (Å²) in [6.45, 7) is 4.64. The van der Waals surface area contributed by atoms with Crippen molar-refractivity contribution >= 4 is 0 Å². The van der Waals surface area contributed by atoms with Crippen molar-refractivity contribution in [2.75, 3.05) is 20.2 Å². The molecule has 0 amide bonds. The average molecular weight is 385 g/mol. The zero-order valence-corrected chi connectivity index (χ0v) is 18.0. The molecule has 0 bridgehead atoms. The van der Waals surface area contributed by atoms with Crippen LogP contribution >= 0.6 is 0 Å². The summed E-state index contributed by atoms with van der Waals surface area (Å²) in [4.78, 5) is 0. The molecule has 1 aromatic carbocycles. The first-order chi connectivity index (χ1) is 13.7. The van der Waals surface area contributed by atoms with Gasteiger partial charge in [-0.2, -0.15) is 0 Å². The number of nitrogens with one attached hydrogen (secondary N) is 1. The number of ether oxygens (including phenoxy) is 1. The van der Waals surface area contributed by atoms with Crippen molar-refractivity contribution in [3.63, 3.8) is 0 Å². The van der Waals surface area contributed by atoms with E-state index in [0.717, 1.165) is 36.1 Å². The highest BCUT2D eigenvalue weighted by Gasteiger charge is 2.54. The Bertz CT molecular complexity index is 660. The van der Waals surface area contributed by atoms with Crippen LogP contribution in [0.25, 0.3) is 0 Å². The predicted molar refractivity (Wildman–Crippen MR) is 117 cm³/mol. The Morgan fingerprint density at radius 3 is 2.79 bits per heavy atom. The van der Waals surface area contributed by atoms with Gasteiger partial charge in [-0.1, -0.05) is 25.8 Å². The van der Waals surface area contributed by atoms with Crippen LogP contribution < -0.4 is 15.8 Å². The van der Waals surface area contributed by atoms with E-state index in [4.69, 9.17) is 10.5 Å². The highest BCUT2D eigenvalue weighted by Crippen LogP contribution is 2.60. The van der Waals surface area contributed by atoms with E-state index < -0.39 is 0 Å². The highest BCUT2D eigenvalue weighted by atomic mass is 16.5. The van der Waals surface area contributed by atoms with E-state index in [1.165, 1.54) is 70.8 Å². The molecule has 3 N–H and O–H groups in total. The minimum atomic E-state index is 0.502. The van der Waals surface area contributed by atoms with Crippen molar-refractivity contribution < 1.29 is 4.74 Å². The lowest BCUT2D eigenvalue weighted by Gasteiger charge is -2.51. The van der Waals surface area contributed by atoms with Gasteiger partial charge in [0.15, 0.2) is 0 Å². The first-order valence-electron chi connectivity index (χ1n) is 11.8. The Labute approximate surface area is 171 Å². The zero-order chi connectivity index (χ0) is 19.6. The van der Waals surface area contributed by atoms with Gasteiger partial charge in [0.1, 0.15) is 5.75 Å². The topological polar surface area (TPSA) is 47.3 Å². The summed E-state index contributed by atoms with van der Waals surface area (Å²) in [6, 6.07) is 7.58. The van der Waals surface area contributed by atoms with Crippen molar-refractivity contribution in [2.45, 2.75) is 83.1 Å². The molecule has 5 atom stereocenters. The van der Waals surface area contributed by atoms with E-state index in [-0.39, 0.29) is 0 Å². The number of hydrogen-bond acceptors (Lipinski definition) is 3. The second-order valence-electron chi connectivity index (χ2n) is 9.81. The van der Waals surface area contributed by atoms with Gasteiger partial charge in [-0.3, -0.25) is 0 Å². The molecule has 4 rings (SSSR count). The first-order valence-corrected chi connectivity index (χ1v) is 11.8. The van der Waals surface area contributed by atoms with Crippen LogP contribution in [0.4, 0.5) is 0 Å². The Morgan fingerprint density at radius 1 is 1.11 bits per heavy atom. The summed E-state index contributed by atoms with van der Waals surface area (Å²) in [7, 11) is 1.78. The molecule has 0 saturated heterocycles. The molecule has 3 heteroatoms. The van der Waals surface area contributed by atoms with E-state index in [9.17, 15) is 0 Å². The van der Waals surface area contributed by atoms with E-state index in [2.05, 4.69) is 30.4 Å². The maximum atomic E-state index is 5.61. The van der Waals surface area contributed by atoms with Crippen LogP contribution in [0.15, 0.2) is 18.2 Å². The fourth-order valence-corrected chi connectivity index (χ4v) is 6.92. The summed E-state index contributed by atoms with van der Waals surface area (Å²) in [6.07, 6.45) is 13.3. The molecule has 28 heavy (non-hydrogen) atoms. The molecule has 0 spiro atoms. The third-order valence-corrected chi connectivity index (χ3v) is 8.46. The van der Waals surface area contributed by atoms with Gasteiger partial charge in [0.25, 0.3) is 0 Å². The SMILES string of the molecule is COc1ccc2c(c1)CCC1C2CC[C@@]2(C)C1CC[C@@H]2NCCCCCCN. The lowest BCUT2D eigenvalue weighted by Crippen LogP contribution is -2.48. The van der Waals surface area contributed by atoms with Crippen molar-refractivity contribution in [1.29, 1.82) is 0 Å². The molecule has 2 fully saturated rings. The molecule has 3 aliphatic carbocycles. The summed E-state index contributed by atoms with van der Waals surface area (Å²) >= 11 is 0. The zero-order valence-electron chi connectivity index (χ0n) is 18.0. The van der Waals surface area contributed by atoms with Crippen molar-refractivity contribution in [3.05, 3.63) is 29.3 Å². The minimum absolute atomic E-state index is 0.502. The molecule has 156 valence electrons. The van der Waals surface area contributed by atoms with Crippen LogP contribution in [0.5, 0.6) is 5.75 Å². The third kappa shape index (κ3) is 3.73. The van der Waals surface area contributed by atoms with E-state index in [1.54, 1.807) is 18.2 Å². The lowest BCUT2D eigenvalue weighted by atomic mass is 9.55. The molecule has 0 heterocycles. The van der Waals surface area contributed by atoms with E-state index >= 15 is 0 Å². The Balaban J connectivity index is 1.39. The van der Waals surface area contributed by atoms with Crippen LogP contribution in [-0.2, 0) is 6.42 Å². The van der Waals surface area contributed by atoms with Gasteiger partial charge >= 0.3 is 0 Å². The first kappa shape index (κ1) is 20.2. The standard InChI is InChI=1S/C25H40N2O/c1-25-14-13-21-20-10-8-19(28-2)17-18(20)7-9-22(21)23(25)11-12-24(25)27-16-6-4-3-5-15-26/h8,10,17,21-24,27H,3-7,9,11-16,26H2,1-2H3/t21?,22?,23?,24-,25-/m0/s1. The molecule has 0 aliphatic heterocycles. The van der Waals surface area contributed by atoms with Crippen LogP contribution in [0, 0.1) is 17.3 Å². The summed E-state index contributed by atoms with van der Waals surface area (Å²) in [5.41, 5.74) is 9.30. The van der Waals surface area contributed by atoms with Crippen molar-refractivity contribution in [1.82, 2.24) is 5.32 Å². The number of aryl methyl sites for hydroxylation is 1. The molecular weight excluding hydrogens is 344 g/mol. The number of hydrogen-bond donors (Lipinski definition) is 2. The number of rotatable bonds is 8. The maximum absolute atomic E-state index is 5.61. The monoisotopic (exact) mass is 384 g/mol. The van der Waals surface area contributed by atoms with Gasteiger partial charge in [0.05, 0.1) is 7.11 Å². The second-order valence-corrected chi connectivity index (χ2v) is 9.81. The fourth-order valence-electron chi connectivity index (χ4n) is 6.92. The molecule has 1 aromatic rings. The number of unbranched alkanes of at least 4 members (excludes halogenated alkanes) is 3. The molecule has 3 aliphatic rings. The predicted octanol–water partition coefficient (Wildman–Crippen LogP) is 5.03. The van der Waals surface area contributed by atoms with Gasteiger partial charge < -0.3 is 15.8 Å². The van der Waals surface area contributed by atoms with Crippen LogP contribution in [0.1, 0.15) is 81.8 Å². The highest BCUT2D eigenvalue weighted by molar-refractivity contribution is 5.40. The number of benzene rings is 1. The smallest absolute Gasteiger partial charge is 0.119 e. The number of nitrogens with two attached hydrogens (primary N) is 1. The van der Waals surface area contributed by atoms with Gasteiger partial charge in [-0.25, -0.2) is 0 Å². The summed E-state index contributed by atoms with van der Waals surface area (Å²) < 4.78 is 5.47. The number of methoxy groups -OCH3 is 1. The van der Waals surface area contributed by atoms with Gasteiger partial charge in [-0.15, -0.1) is 0 Å². The largest absolute Gasteiger partial charge is 0.497 e. The van der Waals surface area contributed by atoms with E-state index in [0.29, 0.717) is 5.41 Å². The summed E-state index contributed by atoms with van der Waals surface area (Å²) in [5, 5.41) is 3.98. The van der Waals surface area contributed by atoms with Crippen LogP contribution in [-0.4, -0.2) is 26.2 Å². The van der Waals surface area contributed by atoms with Gasteiger partial charge in [0.2, 0.25) is 0 Å². The van der Waals surface area contributed by atoms with E-state index in [1.807, 2.05) is 0 Å². The molecule has 3 nitrogen and oxygen atoms in total. The van der Waals surface area contributed by atoms with Crippen LogP contribution in [0.3, 0.4) is 0 Å². The normalized spacial score (nSPS) is 33.8. The fraction of sp³-hybridized carbons (Fsp3) is 0.760. The summed E-state index contributed by atoms with van der Waals surface area (Å²) in [5.74, 6) is 3.59. The van der Waals surface area contributed by atoms with Crippen LogP contribution in [0.2, 0.25) is 0 Å². The Kier molecular flexibility index (Phi) is 6.32. The number of fused-ring (bicyclic) bond motifs is 5. The molecule has 0 aromatic heterocycles. The lowest BCUT2D eigenvalue weighted by molar-refractivity contribution is 0.0412. The average Bonchev–Trinajstić information content (AvgIpc) is 3.06. The molecule has 3 unspecified atom stereocenters. The molecular formula is C25H40N2O. The Morgan fingerprint density at radius 2 is 1.96 bits per heavy atom. The molecule has 0 radical (unpaired) electrons. The van der Waals surface area contributed by atoms with Gasteiger partial charge in [0, 0.05) is 6.04 Å². The quantitative estimate of drug-likeness (QED) is 0.618. The second kappa shape index (κ2) is 8.75. The molecule has 2 saturated carbocycles. The van der Waals surface area contributed by atoms with Crippen molar-refractivity contribution in [3.8, 4) is 5.75 Å². The van der Waals surface area contributed by atoms with Crippen molar-refractivity contribution in [2.24, 2.45) is 23.0 Å². The third-order valence-electron chi connectivity index (χ3n) is 8.46. The minimum Gasteiger partial charge on any atom is -0.497 e. The Hall–Kier alpha value is -1.06. The maximum Gasteiger partial charge on any atom is 0.119 e.